The molecule has 0 fully saturated rings. The summed E-state index contributed by atoms with van der Waals surface area (Å²) in [4.78, 5) is 19.1. The van der Waals surface area contributed by atoms with E-state index >= 15 is 0 Å². The van der Waals surface area contributed by atoms with Gasteiger partial charge in [-0.05, 0) is 23.4 Å². The van der Waals surface area contributed by atoms with Crippen LogP contribution in [0.15, 0.2) is 28.4 Å². The largest absolute Gasteiger partial charge is 0.345 e. The highest BCUT2D eigenvalue weighted by atomic mass is 32.1. The van der Waals surface area contributed by atoms with Gasteiger partial charge in [0.05, 0.1) is 10.6 Å². The average molecular weight is 220 g/mol. The first-order chi connectivity index (χ1) is 7.16. The molecule has 0 spiro atoms. The molecule has 0 unspecified atom stereocenters. The molecule has 0 radical (unpaired) electrons. The van der Waals surface area contributed by atoms with Crippen LogP contribution >= 0.6 is 11.3 Å². The lowest BCUT2D eigenvalue weighted by Gasteiger charge is -2.05. The molecule has 15 heavy (non-hydrogen) atoms. The summed E-state index contributed by atoms with van der Waals surface area (Å²) in [6, 6.07) is 5.87. The molecule has 2 heterocycles. The Kier molecular flexibility index (Phi) is 2.68. The van der Waals surface area contributed by atoms with Gasteiger partial charge in [0, 0.05) is 5.69 Å². The van der Waals surface area contributed by atoms with Gasteiger partial charge < -0.3 is 4.98 Å². The van der Waals surface area contributed by atoms with E-state index in [1.54, 1.807) is 11.3 Å². The van der Waals surface area contributed by atoms with E-state index in [2.05, 4.69) is 9.97 Å². The van der Waals surface area contributed by atoms with Crippen molar-refractivity contribution < 1.29 is 0 Å². The fourth-order valence-corrected chi connectivity index (χ4v) is 2.02. The Bertz CT molecular complexity index is 500. The number of nitrogens with zero attached hydrogens (tertiary/aromatic N) is 1. The fraction of sp³-hybridized carbons (Fsp3) is 0.273. The quantitative estimate of drug-likeness (QED) is 0.845. The average Bonchev–Trinajstić information content (AvgIpc) is 2.69. The predicted molar refractivity (Wildman–Crippen MR) is 62.3 cm³/mol. The first-order valence-corrected chi connectivity index (χ1v) is 5.70. The Balaban J connectivity index is 2.54. The molecule has 0 aromatic carbocycles. The minimum atomic E-state index is -0.274. The third-order valence-corrected chi connectivity index (χ3v) is 3.05. The van der Waals surface area contributed by atoms with E-state index in [4.69, 9.17) is 0 Å². The summed E-state index contributed by atoms with van der Waals surface area (Å²) in [6.07, 6.45) is 0. The zero-order valence-electron chi connectivity index (χ0n) is 8.65. The van der Waals surface area contributed by atoms with Gasteiger partial charge in [-0.1, -0.05) is 19.9 Å². The highest BCUT2D eigenvalue weighted by Crippen LogP contribution is 2.23. The van der Waals surface area contributed by atoms with E-state index in [1.807, 2.05) is 37.4 Å². The summed E-state index contributed by atoms with van der Waals surface area (Å²) in [7, 11) is 0. The summed E-state index contributed by atoms with van der Waals surface area (Å²) in [5, 5.41) is 1.98. The zero-order valence-corrected chi connectivity index (χ0v) is 9.47. The van der Waals surface area contributed by atoms with Gasteiger partial charge in [0.1, 0.15) is 0 Å². The Morgan fingerprint density at radius 1 is 1.47 bits per heavy atom. The Labute approximate surface area is 91.8 Å². The van der Waals surface area contributed by atoms with Crippen LogP contribution in [0.4, 0.5) is 0 Å². The third-order valence-electron chi connectivity index (χ3n) is 2.16. The van der Waals surface area contributed by atoms with Gasteiger partial charge in [-0.25, -0.2) is 4.79 Å². The van der Waals surface area contributed by atoms with Gasteiger partial charge in [0.15, 0.2) is 0 Å². The Morgan fingerprint density at radius 3 is 2.87 bits per heavy atom. The Morgan fingerprint density at radius 2 is 2.27 bits per heavy atom. The van der Waals surface area contributed by atoms with Crippen LogP contribution in [-0.4, -0.2) is 9.97 Å². The zero-order chi connectivity index (χ0) is 10.8. The van der Waals surface area contributed by atoms with E-state index in [-0.39, 0.29) is 5.69 Å². The van der Waals surface area contributed by atoms with Crippen LogP contribution in [0.2, 0.25) is 0 Å². The van der Waals surface area contributed by atoms with Gasteiger partial charge in [0.2, 0.25) is 0 Å². The van der Waals surface area contributed by atoms with Crippen molar-refractivity contribution in [2.45, 2.75) is 19.8 Å². The molecule has 0 aliphatic heterocycles. The van der Waals surface area contributed by atoms with Gasteiger partial charge in [-0.3, -0.25) is 0 Å². The molecule has 2 aromatic rings. The third kappa shape index (κ3) is 2.15. The molecule has 2 rings (SSSR count). The molecular formula is C11H12N2OS. The van der Waals surface area contributed by atoms with Gasteiger partial charge in [-0.2, -0.15) is 4.98 Å². The molecule has 3 nitrogen and oxygen atoms in total. The highest BCUT2D eigenvalue weighted by Gasteiger charge is 2.06. The molecule has 0 amide bonds. The first kappa shape index (κ1) is 10.1. The summed E-state index contributed by atoms with van der Waals surface area (Å²) < 4.78 is 0. The summed E-state index contributed by atoms with van der Waals surface area (Å²) in [5.41, 5.74) is 1.42. The molecule has 0 saturated heterocycles. The van der Waals surface area contributed by atoms with Crippen molar-refractivity contribution >= 4 is 11.3 Å². The summed E-state index contributed by atoms with van der Waals surface area (Å²) >= 11 is 1.59. The molecule has 0 aliphatic rings. The van der Waals surface area contributed by atoms with E-state index in [1.165, 1.54) is 0 Å². The van der Waals surface area contributed by atoms with E-state index < -0.39 is 0 Å². The standard InChI is InChI=1S/C11H12N2OS/c1-7(2)8-6-9(13-11(14)12-8)10-4-3-5-15-10/h3-7H,1-2H3,(H,12,13,14). The SMILES string of the molecule is CC(C)c1cc(-c2cccs2)nc(=O)[nH]1. The lowest BCUT2D eigenvalue weighted by Crippen LogP contribution is -2.14. The van der Waals surface area contributed by atoms with E-state index in [9.17, 15) is 4.79 Å². The van der Waals surface area contributed by atoms with Gasteiger partial charge in [-0.15, -0.1) is 11.3 Å². The number of rotatable bonds is 2. The molecule has 4 heteroatoms. The smallest absolute Gasteiger partial charge is 0.310 e. The van der Waals surface area contributed by atoms with E-state index in [0.29, 0.717) is 5.92 Å². The number of thiophene rings is 1. The van der Waals surface area contributed by atoms with Crippen molar-refractivity contribution in [1.29, 1.82) is 0 Å². The van der Waals surface area contributed by atoms with Crippen molar-refractivity contribution in [3.63, 3.8) is 0 Å². The minimum Gasteiger partial charge on any atom is -0.310 e. The van der Waals surface area contributed by atoms with Crippen molar-refractivity contribution in [3.8, 4) is 10.6 Å². The highest BCUT2D eigenvalue weighted by molar-refractivity contribution is 7.13. The fourth-order valence-electron chi connectivity index (χ4n) is 1.34. The van der Waals surface area contributed by atoms with Crippen molar-refractivity contribution in [2.75, 3.05) is 0 Å². The van der Waals surface area contributed by atoms with Crippen LogP contribution in [0.3, 0.4) is 0 Å². The molecule has 0 aliphatic carbocycles. The number of hydrogen-bond donors (Lipinski definition) is 1. The molecular weight excluding hydrogens is 208 g/mol. The molecule has 0 saturated carbocycles. The maximum atomic E-state index is 11.3. The van der Waals surface area contributed by atoms with Crippen LogP contribution in [0.1, 0.15) is 25.5 Å². The number of H-pyrrole nitrogens is 1. The van der Waals surface area contributed by atoms with Crippen molar-refractivity contribution in [3.05, 3.63) is 39.8 Å². The topological polar surface area (TPSA) is 45.8 Å². The molecule has 2 aromatic heterocycles. The molecule has 0 atom stereocenters. The van der Waals surface area contributed by atoms with Gasteiger partial charge in [0.25, 0.3) is 0 Å². The monoisotopic (exact) mass is 220 g/mol. The number of nitrogens with one attached hydrogen (secondary N) is 1. The lowest BCUT2D eigenvalue weighted by molar-refractivity contribution is 0.804. The van der Waals surface area contributed by atoms with Crippen LogP contribution in [0.5, 0.6) is 0 Å². The van der Waals surface area contributed by atoms with Crippen LogP contribution in [0.25, 0.3) is 10.6 Å². The van der Waals surface area contributed by atoms with Gasteiger partial charge >= 0.3 is 5.69 Å². The maximum Gasteiger partial charge on any atom is 0.345 e. The van der Waals surface area contributed by atoms with Crippen LogP contribution < -0.4 is 5.69 Å². The normalized spacial score (nSPS) is 10.9. The first-order valence-electron chi connectivity index (χ1n) is 4.82. The minimum absolute atomic E-state index is 0.274. The van der Waals surface area contributed by atoms with Crippen molar-refractivity contribution in [2.24, 2.45) is 0 Å². The second kappa shape index (κ2) is 3.98. The number of hydrogen-bond acceptors (Lipinski definition) is 3. The second-order valence-corrected chi connectivity index (χ2v) is 4.61. The molecule has 0 bridgehead atoms. The van der Waals surface area contributed by atoms with Crippen LogP contribution in [0, 0.1) is 0 Å². The number of aromatic amines is 1. The summed E-state index contributed by atoms with van der Waals surface area (Å²) in [5.74, 6) is 0.305. The predicted octanol–water partition coefficient (Wildman–Crippen LogP) is 2.62. The Hall–Kier alpha value is -1.42. The van der Waals surface area contributed by atoms with Crippen LogP contribution in [-0.2, 0) is 0 Å². The molecule has 78 valence electrons. The number of aromatic nitrogens is 2. The molecule has 1 N–H and O–H groups in total. The maximum absolute atomic E-state index is 11.3. The van der Waals surface area contributed by atoms with E-state index in [0.717, 1.165) is 16.3 Å². The van der Waals surface area contributed by atoms with Crippen molar-refractivity contribution in [1.82, 2.24) is 9.97 Å². The summed E-state index contributed by atoms with van der Waals surface area (Å²) in [6.45, 7) is 4.09. The lowest BCUT2D eigenvalue weighted by atomic mass is 10.1. The second-order valence-electron chi connectivity index (χ2n) is 3.66.